The summed E-state index contributed by atoms with van der Waals surface area (Å²) in [6.45, 7) is 6.04. The minimum Gasteiger partial charge on any atom is -0.476 e. The quantitative estimate of drug-likeness (QED) is 0.884. The van der Waals surface area contributed by atoms with Crippen LogP contribution in [0.1, 0.15) is 55.8 Å². The summed E-state index contributed by atoms with van der Waals surface area (Å²) in [4.78, 5) is 21.9. The van der Waals surface area contributed by atoms with Crippen LogP contribution < -0.4 is 4.90 Å². The second-order valence-corrected chi connectivity index (χ2v) is 5.61. The van der Waals surface area contributed by atoms with E-state index in [4.69, 9.17) is 0 Å². The molecular formula is C14H21N3O2. The van der Waals surface area contributed by atoms with Gasteiger partial charge in [-0.3, -0.25) is 0 Å². The third-order valence-corrected chi connectivity index (χ3v) is 3.80. The van der Waals surface area contributed by atoms with Crippen molar-refractivity contribution in [2.24, 2.45) is 5.92 Å². The first-order chi connectivity index (χ1) is 8.91. The number of nitrogens with zero attached hydrogens (tertiary/aromatic N) is 3. The van der Waals surface area contributed by atoms with Crippen molar-refractivity contribution in [3.05, 3.63) is 17.7 Å². The number of anilines is 1. The second-order valence-electron chi connectivity index (χ2n) is 5.61. The van der Waals surface area contributed by atoms with Crippen molar-refractivity contribution < 1.29 is 9.90 Å². The van der Waals surface area contributed by atoms with Crippen LogP contribution in [0.25, 0.3) is 0 Å². The maximum absolute atomic E-state index is 11.4. The lowest BCUT2D eigenvalue weighted by Gasteiger charge is -2.27. The van der Waals surface area contributed by atoms with E-state index in [0.29, 0.717) is 23.5 Å². The number of carboxylic acids is 1. The molecule has 19 heavy (non-hydrogen) atoms. The van der Waals surface area contributed by atoms with E-state index < -0.39 is 5.97 Å². The monoisotopic (exact) mass is 263 g/mol. The highest BCUT2D eigenvalue weighted by atomic mass is 16.4. The highest BCUT2D eigenvalue weighted by Crippen LogP contribution is 2.36. The molecule has 1 fully saturated rings. The molecule has 1 saturated carbocycles. The van der Waals surface area contributed by atoms with Crippen LogP contribution in [0.4, 0.5) is 5.69 Å². The van der Waals surface area contributed by atoms with Gasteiger partial charge in [0.1, 0.15) is 5.82 Å². The lowest BCUT2D eigenvalue weighted by molar-refractivity contribution is 0.0690. The zero-order chi connectivity index (χ0) is 14.2. The van der Waals surface area contributed by atoms with Gasteiger partial charge in [-0.05, 0) is 25.7 Å². The largest absolute Gasteiger partial charge is 0.476 e. The molecular weight excluding hydrogens is 242 g/mol. The van der Waals surface area contributed by atoms with E-state index in [-0.39, 0.29) is 11.6 Å². The van der Waals surface area contributed by atoms with Crippen LogP contribution in [0.15, 0.2) is 6.20 Å². The molecule has 0 radical (unpaired) electrons. The minimum atomic E-state index is -0.992. The molecule has 1 unspecified atom stereocenters. The van der Waals surface area contributed by atoms with E-state index >= 15 is 0 Å². The van der Waals surface area contributed by atoms with Gasteiger partial charge in [0.05, 0.1) is 11.9 Å². The number of aromatic nitrogens is 2. The highest BCUT2D eigenvalue weighted by Gasteiger charge is 2.32. The Hall–Kier alpha value is -1.65. The molecule has 1 N–H and O–H groups in total. The molecule has 1 aromatic rings. The number of rotatable bonds is 5. The van der Waals surface area contributed by atoms with Crippen molar-refractivity contribution >= 4 is 11.7 Å². The molecule has 104 valence electrons. The summed E-state index contributed by atoms with van der Waals surface area (Å²) in [5.41, 5.74) is 0.713. The van der Waals surface area contributed by atoms with Gasteiger partial charge < -0.3 is 10.0 Å². The van der Waals surface area contributed by atoms with Crippen LogP contribution in [0.5, 0.6) is 0 Å². The van der Waals surface area contributed by atoms with Crippen LogP contribution in [0, 0.1) is 5.92 Å². The first kappa shape index (κ1) is 13.8. The van der Waals surface area contributed by atoms with Gasteiger partial charge in [-0.2, -0.15) is 0 Å². The summed E-state index contributed by atoms with van der Waals surface area (Å²) in [7, 11) is 1.92. The zero-order valence-corrected chi connectivity index (χ0v) is 11.9. The number of aromatic carboxylic acids is 1. The van der Waals surface area contributed by atoms with Crippen LogP contribution >= 0.6 is 0 Å². The highest BCUT2D eigenvalue weighted by molar-refractivity contribution is 5.92. The zero-order valence-electron chi connectivity index (χ0n) is 11.9. The molecule has 5 heteroatoms. The number of hydrogen-bond acceptors (Lipinski definition) is 4. The van der Waals surface area contributed by atoms with Crippen molar-refractivity contribution in [3.63, 3.8) is 0 Å². The third kappa shape index (κ3) is 2.85. The maximum atomic E-state index is 11.4. The maximum Gasteiger partial charge on any atom is 0.356 e. The predicted molar refractivity (Wildman–Crippen MR) is 73.7 cm³/mol. The minimum absolute atomic E-state index is 0.105. The van der Waals surface area contributed by atoms with Crippen molar-refractivity contribution in [2.75, 3.05) is 11.9 Å². The second kappa shape index (κ2) is 5.15. The topological polar surface area (TPSA) is 66.3 Å². The van der Waals surface area contributed by atoms with Gasteiger partial charge in [0.2, 0.25) is 0 Å². The number of carbonyl (C=O) groups is 1. The van der Waals surface area contributed by atoms with E-state index in [1.54, 1.807) is 6.20 Å². The Bertz CT molecular complexity index is 484. The summed E-state index contributed by atoms with van der Waals surface area (Å²) in [6, 6.07) is 0.326. The molecule has 0 aliphatic heterocycles. The molecule has 1 heterocycles. The molecule has 0 spiro atoms. The molecule has 1 aliphatic rings. The molecule has 2 rings (SSSR count). The predicted octanol–water partition coefficient (Wildman–Crippen LogP) is 2.53. The Morgan fingerprint density at radius 2 is 2.05 bits per heavy atom. The Morgan fingerprint density at radius 3 is 2.53 bits per heavy atom. The summed E-state index contributed by atoms with van der Waals surface area (Å²) in [5.74, 6) is 0.373. The van der Waals surface area contributed by atoms with Gasteiger partial charge in [-0.1, -0.05) is 13.8 Å². The summed E-state index contributed by atoms with van der Waals surface area (Å²) >= 11 is 0. The van der Waals surface area contributed by atoms with Crippen molar-refractivity contribution in [1.29, 1.82) is 0 Å². The van der Waals surface area contributed by atoms with Gasteiger partial charge in [-0.15, -0.1) is 0 Å². The van der Waals surface area contributed by atoms with Crippen LogP contribution in [-0.2, 0) is 0 Å². The SMILES string of the molecule is CC(C)c1ncc(N(C)C(C)C2CC2)c(C(=O)O)n1. The average Bonchev–Trinajstić information content (AvgIpc) is 3.20. The molecule has 0 amide bonds. The standard InChI is InChI=1S/C14H21N3O2/c1-8(2)13-15-7-11(12(16-13)14(18)19)17(4)9(3)10-5-6-10/h7-10H,5-6H2,1-4H3,(H,18,19). The molecule has 1 aromatic heterocycles. The van der Waals surface area contributed by atoms with Crippen molar-refractivity contribution in [1.82, 2.24) is 9.97 Å². The lowest BCUT2D eigenvalue weighted by atomic mass is 10.1. The van der Waals surface area contributed by atoms with Crippen LogP contribution in [-0.4, -0.2) is 34.1 Å². The van der Waals surface area contributed by atoms with E-state index in [1.807, 2.05) is 25.8 Å². The molecule has 0 aromatic carbocycles. The average molecular weight is 263 g/mol. The summed E-state index contributed by atoms with van der Waals surface area (Å²) in [6.07, 6.45) is 4.09. The van der Waals surface area contributed by atoms with Gasteiger partial charge in [-0.25, -0.2) is 14.8 Å². The number of hydrogen-bond donors (Lipinski definition) is 1. The van der Waals surface area contributed by atoms with E-state index in [0.717, 1.165) is 0 Å². The van der Waals surface area contributed by atoms with Gasteiger partial charge >= 0.3 is 5.97 Å². The lowest BCUT2D eigenvalue weighted by Crippen LogP contribution is -2.32. The van der Waals surface area contributed by atoms with Gasteiger partial charge in [0, 0.05) is 19.0 Å². The Kier molecular flexibility index (Phi) is 3.73. The van der Waals surface area contributed by atoms with Gasteiger partial charge in [0.15, 0.2) is 5.69 Å². The Morgan fingerprint density at radius 1 is 1.42 bits per heavy atom. The molecule has 1 aliphatic carbocycles. The normalized spacial score (nSPS) is 16.5. The molecule has 0 saturated heterocycles. The fraction of sp³-hybridized carbons (Fsp3) is 0.643. The molecule has 1 atom stereocenters. The van der Waals surface area contributed by atoms with Crippen molar-refractivity contribution in [2.45, 2.75) is 45.6 Å². The van der Waals surface area contributed by atoms with E-state index in [9.17, 15) is 9.90 Å². The first-order valence-electron chi connectivity index (χ1n) is 6.75. The third-order valence-electron chi connectivity index (χ3n) is 3.80. The Balaban J connectivity index is 2.35. The van der Waals surface area contributed by atoms with Crippen LogP contribution in [0.2, 0.25) is 0 Å². The Labute approximate surface area is 113 Å². The summed E-state index contributed by atoms with van der Waals surface area (Å²) in [5, 5.41) is 9.34. The molecule has 0 bridgehead atoms. The van der Waals surface area contributed by atoms with Crippen LogP contribution in [0.3, 0.4) is 0 Å². The van der Waals surface area contributed by atoms with Crippen molar-refractivity contribution in [3.8, 4) is 0 Å². The first-order valence-corrected chi connectivity index (χ1v) is 6.75. The number of carboxylic acid groups (broad SMARTS) is 1. The van der Waals surface area contributed by atoms with E-state index in [1.165, 1.54) is 12.8 Å². The van der Waals surface area contributed by atoms with E-state index in [2.05, 4.69) is 16.9 Å². The van der Waals surface area contributed by atoms with Gasteiger partial charge in [0.25, 0.3) is 0 Å². The molecule has 5 nitrogen and oxygen atoms in total. The fourth-order valence-corrected chi connectivity index (χ4v) is 2.20. The summed E-state index contributed by atoms with van der Waals surface area (Å²) < 4.78 is 0. The fourth-order valence-electron chi connectivity index (χ4n) is 2.20. The smallest absolute Gasteiger partial charge is 0.356 e.